The summed E-state index contributed by atoms with van der Waals surface area (Å²) in [5.74, 6) is 1.41. The molecule has 1 aromatic rings. The van der Waals surface area contributed by atoms with Crippen LogP contribution in [0.5, 0.6) is 5.75 Å². The van der Waals surface area contributed by atoms with E-state index < -0.39 is 0 Å². The van der Waals surface area contributed by atoms with Crippen LogP contribution in [0.1, 0.15) is 18.4 Å². The summed E-state index contributed by atoms with van der Waals surface area (Å²) in [5.41, 5.74) is 0.859. The third-order valence-electron chi connectivity index (χ3n) is 2.34. The minimum absolute atomic E-state index is 0.195. The summed E-state index contributed by atoms with van der Waals surface area (Å²) in [6.45, 7) is 1.65. The first-order valence-electron chi connectivity index (χ1n) is 5.41. The van der Waals surface area contributed by atoms with Crippen LogP contribution >= 0.6 is 23.4 Å². The molecule has 0 spiro atoms. The van der Waals surface area contributed by atoms with Crippen molar-refractivity contribution in [2.75, 3.05) is 18.6 Å². The van der Waals surface area contributed by atoms with Gasteiger partial charge in [-0.2, -0.15) is 11.8 Å². The van der Waals surface area contributed by atoms with Gasteiger partial charge in [-0.1, -0.05) is 23.7 Å². The number of phenols is 1. The molecule has 1 rings (SSSR count). The minimum atomic E-state index is 0.195. The highest BCUT2D eigenvalue weighted by Gasteiger charge is 2.03. The molecule has 90 valence electrons. The Hall–Kier alpha value is -0.380. The molecule has 0 saturated carbocycles. The van der Waals surface area contributed by atoms with Gasteiger partial charge in [0.1, 0.15) is 5.75 Å². The molecular formula is C12H18ClNOS. The number of halogens is 1. The molecule has 0 aliphatic rings. The molecule has 0 aliphatic carbocycles. The molecule has 0 fully saturated rings. The standard InChI is InChI=1S/C12H18ClNOS/c1-16-8-3-2-7-14-9-10-5-4-6-11(13)12(10)15/h4-6,14-15H,2-3,7-9H2,1H3. The largest absolute Gasteiger partial charge is 0.506 e. The molecule has 0 saturated heterocycles. The van der Waals surface area contributed by atoms with Crippen molar-refractivity contribution in [3.8, 4) is 5.75 Å². The van der Waals surface area contributed by atoms with Crippen molar-refractivity contribution >= 4 is 23.4 Å². The van der Waals surface area contributed by atoms with Crippen LogP contribution in [0.15, 0.2) is 18.2 Å². The van der Waals surface area contributed by atoms with Crippen LogP contribution in [-0.4, -0.2) is 23.7 Å². The van der Waals surface area contributed by atoms with Crippen molar-refractivity contribution < 1.29 is 5.11 Å². The third kappa shape index (κ3) is 4.64. The van der Waals surface area contributed by atoms with E-state index in [4.69, 9.17) is 11.6 Å². The van der Waals surface area contributed by atoms with E-state index in [-0.39, 0.29) is 5.75 Å². The highest BCUT2D eigenvalue weighted by atomic mass is 35.5. The number of thioether (sulfide) groups is 1. The SMILES string of the molecule is CSCCCCNCc1cccc(Cl)c1O. The van der Waals surface area contributed by atoms with Gasteiger partial charge < -0.3 is 10.4 Å². The maximum atomic E-state index is 9.66. The Morgan fingerprint density at radius 1 is 1.38 bits per heavy atom. The Labute approximate surface area is 106 Å². The fraction of sp³-hybridized carbons (Fsp3) is 0.500. The molecule has 0 radical (unpaired) electrons. The molecule has 16 heavy (non-hydrogen) atoms. The lowest BCUT2D eigenvalue weighted by Gasteiger charge is -2.07. The third-order valence-corrected chi connectivity index (χ3v) is 3.34. The van der Waals surface area contributed by atoms with Crippen molar-refractivity contribution in [1.29, 1.82) is 0 Å². The Morgan fingerprint density at radius 3 is 2.94 bits per heavy atom. The summed E-state index contributed by atoms with van der Waals surface area (Å²) in [4.78, 5) is 0. The monoisotopic (exact) mass is 259 g/mol. The maximum Gasteiger partial charge on any atom is 0.138 e. The van der Waals surface area contributed by atoms with Crippen molar-refractivity contribution in [3.05, 3.63) is 28.8 Å². The number of unbranched alkanes of at least 4 members (excludes halogenated alkanes) is 1. The minimum Gasteiger partial charge on any atom is -0.506 e. The van der Waals surface area contributed by atoms with Gasteiger partial charge >= 0.3 is 0 Å². The first kappa shape index (κ1) is 13.7. The number of para-hydroxylation sites is 1. The molecule has 0 heterocycles. The predicted octanol–water partition coefficient (Wildman–Crippen LogP) is 3.28. The van der Waals surface area contributed by atoms with Crippen LogP contribution in [-0.2, 0) is 6.54 Å². The van der Waals surface area contributed by atoms with Gasteiger partial charge in [-0.25, -0.2) is 0 Å². The van der Waals surface area contributed by atoms with Crippen LogP contribution in [0.2, 0.25) is 5.02 Å². The first-order chi connectivity index (χ1) is 7.75. The van der Waals surface area contributed by atoms with E-state index in [0.29, 0.717) is 11.6 Å². The van der Waals surface area contributed by atoms with E-state index in [9.17, 15) is 5.11 Å². The van der Waals surface area contributed by atoms with E-state index >= 15 is 0 Å². The lowest BCUT2D eigenvalue weighted by atomic mass is 10.2. The van der Waals surface area contributed by atoms with Crippen LogP contribution in [0, 0.1) is 0 Å². The van der Waals surface area contributed by atoms with E-state index in [1.165, 1.54) is 18.6 Å². The zero-order chi connectivity index (χ0) is 11.8. The summed E-state index contributed by atoms with van der Waals surface area (Å²) in [5, 5.41) is 13.4. The van der Waals surface area contributed by atoms with Gasteiger partial charge in [0.2, 0.25) is 0 Å². The molecule has 2 N–H and O–H groups in total. The molecule has 0 aliphatic heterocycles. The molecule has 0 amide bonds. The van der Waals surface area contributed by atoms with Crippen LogP contribution in [0.3, 0.4) is 0 Å². The van der Waals surface area contributed by atoms with Gasteiger partial charge in [0, 0.05) is 12.1 Å². The Bertz CT molecular complexity index is 320. The summed E-state index contributed by atoms with van der Waals surface area (Å²) in [6.07, 6.45) is 4.52. The van der Waals surface area contributed by atoms with E-state index in [1.54, 1.807) is 6.07 Å². The average molecular weight is 260 g/mol. The molecule has 2 nitrogen and oxygen atoms in total. The number of hydrogen-bond donors (Lipinski definition) is 2. The predicted molar refractivity (Wildman–Crippen MR) is 72.4 cm³/mol. The lowest BCUT2D eigenvalue weighted by molar-refractivity contribution is 0.464. The van der Waals surface area contributed by atoms with Gasteiger partial charge in [0.05, 0.1) is 5.02 Å². The molecule has 0 bridgehead atoms. The first-order valence-corrected chi connectivity index (χ1v) is 7.19. The van der Waals surface area contributed by atoms with E-state index in [2.05, 4.69) is 11.6 Å². The highest BCUT2D eigenvalue weighted by Crippen LogP contribution is 2.26. The smallest absolute Gasteiger partial charge is 0.138 e. The number of nitrogens with one attached hydrogen (secondary N) is 1. The van der Waals surface area contributed by atoms with Crippen molar-refractivity contribution in [1.82, 2.24) is 5.32 Å². The second-order valence-corrected chi connectivity index (χ2v) is 5.02. The van der Waals surface area contributed by atoms with E-state index in [1.807, 2.05) is 23.9 Å². The van der Waals surface area contributed by atoms with Crippen LogP contribution in [0.25, 0.3) is 0 Å². The zero-order valence-corrected chi connectivity index (χ0v) is 11.1. The summed E-state index contributed by atoms with van der Waals surface area (Å²) in [6, 6.07) is 5.43. The fourth-order valence-electron chi connectivity index (χ4n) is 1.42. The molecule has 0 atom stereocenters. The summed E-state index contributed by atoms with van der Waals surface area (Å²) < 4.78 is 0. The second-order valence-electron chi connectivity index (χ2n) is 3.62. The van der Waals surface area contributed by atoms with Gasteiger partial charge in [-0.15, -0.1) is 0 Å². The van der Waals surface area contributed by atoms with Gasteiger partial charge in [-0.3, -0.25) is 0 Å². The molecule has 4 heteroatoms. The average Bonchev–Trinajstić information content (AvgIpc) is 2.29. The van der Waals surface area contributed by atoms with Crippen molar-refractivity contribution in [2.24, 2.45) is 0 Å². The zero-order valence-electron chi connectivity index (χ0n) is 9.50. The number of rotatable bonds is 7. The van der Waals surface area contributed by atoms with Gasteiger partial charge in [0.15, 0.2) is 0 Å². The fourth-order valence-corrected chi connectivity index (χ4v) is 2.11. The normalized spacial score (nSPS) is 10.6. The highest BCUT2D eigenvalue weighted by molar-refractivity contribution is 7.98. The Kier molecular flexibility index (Phi) is 6.69. The van der Waals surface area contributed by atoms with Gasteiger partial charge in [0.25, 0.3) is 0 Å². The summed E-state index contributed by atoms with van der Waals surface area (Å²) in [7, 11) is 0. The summed E-state index contributed by atoms with van der Waals surface area (Å²) >= 11 is 7.69. The van der Waals surface area contributed by atoms with E-state index in [0.717, 1.165) is 12.1 Å². The van der Waals surface area contributed by atoms with Crippen molar-refractivity contribution in [3.63, 3.8) is 0 Å². The molecule has 1 aromatic carbocycles. The topological polar surface area (TPSA) is 32.3 Å². The number of aromatic hydroxyl groups is 1. The van der Waals surface area contributed by atoms with Crippen LogP contribution in [0.4, 0.5) is 0 Å². The lowest BCUT2D eigenvalue weighted by Crippen LogP contribution is -2.14. The van der Waals surface area contributed by atoms with Crippen molar-refractivity contribution in [2.45, 2.75) is 19.4 Å². The Balaban J connectivity index is 2.24. The molecule has 0 unspecified atom stereocenters. The van der Waals surface area contributed by atoms with Gasteiger partial charge in [-0.05, 0) is 37.5 Å². The maximum absolute atomic E-state index is 9.66. The molecular weight excluding hydrogens is 242 g/mol. The Morgan fingerprint density at radius 2 is 2.19 bits per heavy atom. The number of benzene rings is 1. The second kappa shape index (κ2) is 7.82. The quantitative estimate of drug-likeness (QED) is 0.737. The number of hydrogen-bond acceptors (Lipinski definition) is 3. The number of phenolic OH excluding ortho intramolecular Hbond substituents is 1. The molecule has 0 aromatic heterocycles. The van der Waals surface area contributed by atoms with Crippen LogP contribution < -0.4 is 5.32 Å².